The highest BCUT2D eigenvalue weighted by Gasteiger charge is 2.50. The van der Waals surface area contributed by atoms with Gasteiger partial charge in [0.25, 0.3) is 0 Å². The molecule has 2 aliphatic rings. The molecule has 0 amide bonds. The zero-order valence-electron chi connectivity index (χ0n) is 11.7. The highest BCUT2D eigenvalue weighted by Crippen LogP contribution is 2.34. The topological polar surface area (TPSA) is 57.2 Å². The van der Waals surface area contributed by atoms with Crippen LogP contribution < -0.4 is 0 Å². The van der Waals surface area contributed by atoms with E-state index in [-0.39, 0.29) is 6.10 Å². The number of aliphatic hydroxyl groups excluding tert-OH is 1. The Morgan fingerprint density at radius 2 is 2.00 bits per heavy atom. The van der Waals surface area contributed by atoms with Crippen molar-refractivity contribution in [2.75, 3.05) is 6.61 Å². The van der Waals surface area contributed by atoms with E-state index < -0.39 is 24.3 Å². The summed E-state index contributed by atoms with van der Waals surface area (Å²) < 4.78 is 22.6. The Morgan fingerprint density at radius 1 is 1.25 bits per heavy atom. The first-order valence-electron chi connectivity index (χ1n) is 6.86. The molecule has 0 aromatic heterocycles. The van der Waals surface area contributed by atoms with Crippen molar-refractivity contribution in [1.29, 1.82) is 0 Å². The predicted molar refractivity (Wildman–Crippen MR) is 70.8 cm³/mol. The Hall–Kier alpha value is -0.980. The third-order valence-corrected chi connectivity index (χ3v) is 3.52. The van der Waals surface area contributed by atoms with Gasteiger partial charge in [-0.2, -0.15) is 0 Å². The molecule has 2 saturated heterocycles. The SMILES string of the molecule is CC1(C)OC2CO[C@H](OCc3ccccc3)[C@@H](O)[C@H]2O1. The Balaban J connectivity index is 1.59. The number of rotatable bonds is 3. The van der Waals surface area contributed by atoms with Crippen LogP contribution >= 0.6 is 0 Å². The van der Waals surface area contributed by atoms with Crippen LogP contribution in [0.4, 0.5) is 0 Å². The summed E-state index contributed by atoms with van der Waals surface area (Å²) >= 11 is 0. The summed E-state index contributed by atoms with van der Waals surface area (Å²) in [4.78, 5) is 0. The van der Waals surface area contributed by atoms with E-state index in [0.29, 0.717) is 13.2 Å². The zero-order chi connectivity index (χ0) is 14.2. The van der Waals surface area contributed by atoms with Crippen molar-refractivity contribution >= 4 is 0 Å². The average Bonchev–Trinajstić information content (AvgIpc) is 2.75. The first kappa shape index (κ1) is 14.0. The number of aliphatic hydroxyl groups is 1. The lowest BCUT2D eigenvalue weighted by Gasteiger charge is -2.34. The minimum Gasteiger partial charge on any atom is -0.385 e. The van der Waals surface area contributed by atoms with Crippen LogP contribution in [0.1, 0.15) is 19.4 Å². The van der Waals surface area contributed by atoms with E-state index in [9.17, 15) is 5.11 Å². The van der Waals surface area contributed by atoms with Crippen molar-refractivity contribution in [3.8, 4) is 0 Å². The van der Waals surface area contributed by atoms with Gasteiger partial charge >= 0.3 is 0 Å². The maximum absolute atomic E-state index is 10.3. The number of hydrogen-bond acceptors (Lipinski definition) is 5. The highest BCUT2D eigenvalue weighted by atomic mass is 16.8. The fraction of sp³-hybridized carbons (Fsp3) is 0.600. The van der Waals surface area contributed by atoms with Gasteiger partial charge in [-0.3, -0.25) is 0 Å². The fourth-order valence-corrected chi connectivity index (χ4v) is 2.62. The minimum absolute atomic E-state index is 0.239. The molecule has 1 unspecified atom stereocenters. The normalized spacial score (nSPS) is 35.8. The summed E-state index contributed by atoms with van der Waals surface area (Å²) in [7, 11) is 0. The molecule has 4 atom stereocenters. The van der Waals surface area contributed by atoms with Gasteiger partial charge in [0, 0.05) is 0 Å². The molecule has 5 heteroatoms. The van der Waals surface area contributed by atoms with E-state index >= 15 is 0 Å². The Bertz CT molecular complexity index is 447. The second kappa shape index (κ2) is 5.42. The third kappa shape index (κ3) is 2.87. The van der Waals surface area contributed by atoms with Crippen molar-refractivity contribution < 1.29 is 24.1 Å². The van der Waals surface area contributed by atoms with Gasteiger partial charge in [0.15, 0.2) is 12.1 Å². The van der Waals surface area contributed by atoms with Crippen molar-refractivity contribution in [3.05, 3.63) is 35.9 Å². The first-order valence-corrected chi connectivity index (χ1v) is 6.86. The van der Waals surface area contributed by atoms with E-state index in [1.807, 2.05) is 44.2 Å². The summed E-state index contributed by atoms with van der Waals surface area (Å²) in [5.74, 6) is -0.687. The van der Waals surface area contributed by atoms with E-state index in [2.05, 4.69) is 0 Å². The van der Waals surface area contributed by atoms with Crippen LogP contribution in [0.2, 0.25) is 0 Å². The smallest absolute Gasteiger partial charge is 0.186 e. The molecule has 1 aromatic rings. The molecule has 0 aliphatic carbocycles. The van der Waals surface area contributed by atoms with Crippen LogP contribution in [0.5, 0.6) is 0 Å². The van der Waals surface area contributed by atoms with Gasteiger partial charge in [0.1, 0.15) is 18.3 Å². The van der Waals surface area contributed by atoms with Crippen molar-refractivity contribution in [2.45, 2.75) is 50.8 Å². The summed E-state index contributed by atoms with van der Waals surface area (Å²) in [5.41, 5.74) is 1.04. The molecule has 0 radical (unpaired) electrons. The first-order chi connectivity index (χ1) is 9.55. The van der Waals surface area contributed by atoms with Gasteiger partial charge < -0.3 is 24.1 Å². The lowest BCUT2D eigenvalue weighted by atomic mass is 10.1. The monoisotopic (exact) mass is 280 g/mol. The van der Waals surface area contributed by atoms with Crippen molar-refractivity contribution in [2.24, 2.45) is 0 Å². The number of hydrogen-bond donors (Lipinski definition) is 1. The van der Waals surface area contributed by atoms with E-state index in [4.69, 9.17) is 18.9 Å². The molecule has 1 aromatic carbocycles. The second-order valence-corrected chi connectivity index (χ2v) is 5.63. The Kier molecular flexibility index (Phi) is 3.79. The zero-order valence-corrected chi connectivity index (χ0v) is 11.7. The second-order valence-electron chi connectivity index (χ2n) is 5.63. The van der Waals surface area contributed by atoms with Gasteiger partial charge in [-0.15, -0.1) is 0 Å². The van der Waals surface area contributed by atoms with Crippen LogP contribution in [0.15, 0.2) is 30.3 Å². The van der Waals surface area contributed by atoms with Crippen LogP contribution in [-0.4, -0.2) is 42.1 Å². The summed E-state index contributed by atoms with van der Waals surface area (Å²) in [6.45, 7) is 4.42. The molecular formula is C15H20O5. The van der Waals surface area contributed by atoms with Crippen molar-refractivity contribution in [1.82, 2.24) is 0 Å². The van der Waals surface area contributed by atoms with Crippen LogP contribution in [0.3, 0.4) is 0 Å². The molecule has 2 heterocycles. The number of benzene rings is 1. The van der Waals surface area contributed by atoms with Crippen LogP contribution in [0, 0.1) is 0 Å². The molecule has 2 fully saturated rings. The maximum Gasteiger partial charge on any atom is 0.186 e. The third-order valence-electron chi connectivity index (χ3n) is 3.52. The number of ether oxygens (including phenoxy) is 4. The van der Waals surface area contributed by atoms with Gasteiger partial charge in [0.05, 0.1) is 13.2 Å². The lowest BCUT2D eigenvalue weighted by Crippen LogP contribution is -2.52. The Labute approximate surface area is 118 Å². The molecule has 0 bridgehead atoms. The molecule has 1 N–H and O–H groups in total. The minimum atomic E-state index is -0.848. The predicted octanol–water partition coefficient (Wildman–Crippen LogP) is 1.44. The summed E-state index contributed by atoms with van der Waals surface area (Å²) in [6, 6.07) is 9.78. The quantitative estimate of drug-likeness (QED) is 0.908. The van der Waals surface area contributed by atoms with Crippen LogP contribution in [0.25, 0.3) is 0 Å². The van der Waals surface area contributed by atoms with E-state index in [1.54, 1.807) is 0 Å². The Morgan fingerprint density at radius 3 is 2.75 bits per heavy atom. The van der Waals surface area contributed by atoms with Gasteiger partial charge in [-0.25, -0.2) is 0 Å². The molecule has 20 heavy (non-hydrogen) atoms. The molecule has 2 aliphatic heterocycles. The van der Waals surface area contributed by atoms with Gasteiger partial charge in [-0.05, 0) is 19.4 Å². The van der Waals surface area contributed by atoms with E-state index in [1.165, 1.54) is 0 Å². The molecule has 0 saturated carbocycles. The fourth-order valence-electron chi connectivity index (χ4n) is 2.62. The molecule has 5 nitrogen and oxygen atoms in total. The molecule has 0 spiro atoms. The molecular weight excluding hydrogens is 260 g/mol. The number of fused-ring (bicyclic) bond motifs is 1. The van der Waals surface area contributed by atoms with E-state index in [0.717, 1.165) is 5.56 Å². The van der Waals surface area contributed by atoms with Crippen molar-refractivity contribution in [3.63, 3.8) is 0 Å². The summed E-state index contributed by atoms with van der Waals surface area (Å²) in [6.07, 6.45) is -2.18. The lowest BCUT2D eigenvalue weighted by molar-refractivity contribution is -0.255. The summed E-state index contributed by atoms with van der Waals surface area (Å²) in [5, 5.41) is 10.3. The van der Waals surface area contributed by atoms with Crippen LogP contribution in [-0.2, 0) is 25.6 Å². The largest absolute Gasteiger partial charge is 0.385 e. The molecule has 110 valence electrons. The maximum atomic E-state index is 10.3. The average molecular weight is 280 g/mol. The highest BCUT2D eigenvalue weighted by molar-refractivity contribution is 5.13. The van der Waals surface area contributed by atoms with Gasteiger partial charge in [0.2, 0.25) is 0 Å². The standard InChI is InChI=1S/C15H20O5/c1-15(2)19-11-9-18-14(12(16)13(11)20-15)17-8-10-6-4-3-5-7-10/h3-7,11-14,16H,8-9H2,1-2H3/t11?,12-,13-,14-/m0/s1. The molecule has 3 rings (SSSR count). The van der Waals surface area contributed by atoms with Gasteiger partial charge in [-0.1, -0.05) is 30.3 Å².